The Labute approximate surface area is 149 Å². The fourth-order valence-electron chi connectivity index (χ4n) is 3.63. The molecule has 1 fully saturated rings. The molecular formula is C20H19F3N2O. The van der Waals surface area contributed by atoms with Gasteiger partial charge in [-0.3, -0.25) is 0 Å². The Morgan fingerprint density at radius 3 is 2.54 bits per heavy atom. The second-order valence-corrected chi connectivity index (χ2v) is 6.65. The van der Waals surface area contributed by atoms with Gasteiger partial charge >= 0.3 is 6.18 Å². The van der Waals surface area contributed by atoms with Crippen LogP contribution in [0.5, 0.6) is 0 Å². The zero-order valence-corrected chi connectivity index (χ0v) is 14.1. The molecular weight excluding hydrogens is 341 g/mol. The van der Waals surface area contributed by atoms with E-state index in [4.69, 9.17) is 10.5 Å². The molecule has 0 radical (unpaired) electrons. The van der Waals surface area contributed by atoms with Crippen molar-refractivity contribution in [2.75, 3.05) is 18.9 Å². The van der Waals surface area contributed by atoms with Crippen molar-refractivity contribution in [3.8, 4) is 11.1 Å². The first-order chi connectivity index (χ1) is 12.4. The van der Waals surface area contributed by atoms with Crippen molar-refractivity contribution in [3.63, 3.8) is 0 Å². The molecule has 1 aliphatic rings. The van der Waals surface area contributed by atoms with Crippen LogP contribution in [0.2, 0.25) is 0 Å². The van der Waals surface area contributed by atoms with Crippen molar-refractivity contribution in [2.24, 2.45) is 0 Å². The highest BCUT2D eigenvalue weighted by molar-refractivity contribution is 5.97. The SMILES string of the molecule is Nc1ccc2c(-c3cccc(C(F)(F)F)c3)cn(C3CCOCC3)c2c1. The fraction of sp³-hybridized carbons (Fsp3) is 0.300. The van der Waals surface area contributed by atoms with Gasteiger partial charge in [-0.25, -0.2) is 0 Å². The molecule has 0 atom stereocenters. The summed E-state index contributed by atoms with van der Waals surface area (Å²) in [5.41, 5.74) is 8.26. The molecule has 2 heterocycles. The van der Waals surface area contributed by atoms with Crippen molar-refractivity contribution in [3.05, 3.63) is 54.2 Å². The maximum absolute atomic E-state index is 13.1. The maximum Gasteiger partial charge on any atom is 0.416 e. The number of anilines is 1. The lowest BCUT2D eigenvalue weighted by Crippen LogP contribution is -2.18. The third-order valence-electron chi connectivity index (χ3n) is 4.94. The molecule has 26 heavy (non-hydrogen) atoms. The van der Waals surface area contributed by atoms with Gasteiger partial charge in [0.25, 0.3) is 0 Å². The molecule has 1 saturated heterocycles. The van der Waals surface area contributed by atoms with Crippen LogP contribution in [0.4, 0.5) is 18.9 Å². The molecule has 0 spiro atoms. The van der Waals surface area contributed by atoms with Crippen LogP contribution in [-0.4, -0.2) is 17.8 Å². The first-order valence-corrected chi connectivity index (χ1v) is 8.59. The number of halogens is 3. The smallest absolute Gasteiger partial charge is 0.399 e. The molecule has 3 aromatic rings. The van der Waals surface area contributed by atoms with Crippen molar-refractivity contribution in [1.29, 1.82) is 0 Å². The average molecular weight is 360 g/mol. The lowest BCUT2D eigenvalue weighted by molar-refractivity contribution is -0.137. The molecule has 2 N–H and O–H groups in total. The minimum Gasteiger partial charge on any atom is -0.399 e. The minimum absolute atomic E-state index is 0.257. The summed E-state index contributed by atoms with van der Waals surface area (Å²) in [5.74, 6) is 0. The van der Waals surface area contributed by atoms with Gasteiger partial charge in [0.05, 0.1) is 11.1 Å². The number of hydrogen-bond acceptors (Lipinski definition) is 2. The molecule has 0 bridgehead atoms. The molecule has 3 nitrogen and oxygen atoms in total. The maximum atomic E-state index is 13.1. The Kier molecular flexibility index (Phi) is 4.15. The Balaban J connectivity index is 1.88. The zero-order valence-electron chi connectivity index (χ0n) is 14.1. The summed E-state index contributed by atoms with van der Waals surface area (Å²) in [7, 11) is 0. The van der Waals surface area contributed by atoms with Crippen LogP contribution in [0.15, 0.2) is 48.7 Å². The quantitative estimate of drug-likeness (QED) is 0.633. The predicted octanol–water partition coefficient (Wildman–Crippen LogP) is 5.26. The molecule has 4 rings (SSSR count). The zero-order chi connectivity index (χ0) is 18.3. The van der Waals surface area contributed by atoms with Gasteiger partial charge in [0.15, 0.2) is 0 Å². The number of nitrogen functional groups attached to an aromatic ring is 1. The summed E-state index contributed by atoms with van der Waals surface area (Å²) in [4.78, 5) is 0. The lowest BCUT2D eigenvalue weighted by atomic mass is 10.0. The molecule has 0 saturated carbocycles. The van der Waals surface area contributed by atoms with Gasteiger partial charge in [0.2, 0.25) is 0 Å². The molecule has 1 aromatic heterocycles. The number of rotatable bonds is 2. The number of nitrogens with two attached hydrogens (primary N) is 1. The Bertz CT molecular complexity index is 940. The van der Waals surface area contributed by atoms with Crippen LogP contribution < -0.4 is 5.73 Å². The molecule has 0 unspecified atom stereocenters. The lowest BCUT2D eigenvalue weighted by Gasteiger charge is -2.24. The molecule has 6 heteroatoms. The highest BCUT2D eigenvalue weighted by atomic mass is 19.4. The number of benzene rings is 2. The monoisotopic (exact) mass is 360 g/mol. The van der Waals surface area contributed by atoms with Crippen LogP contribution >= 0.6 is 0 Å². The number of aromatic nitrogens is 1. The van der Waals surface area contributed by atoms with E-state index in [1.165, 1.54) is 12.1 Å². The minimum atomic E-state index is -4.36. The van der Waals surface area contributed by atoms with Gasteiger partial charge in [-0.05, 0) is 42.7 Å². The molecule has 0 amide bonds. The highest BCUT2D eigenvalue weighted by Crippen LogP contribution is 2.38. The third-order valence-corrected chi connectivity index (χ3v) is 4.94. The van der Waals surface area contributed by atoms with Crippen molar-refractivity contribution in [1.82, 2.24) is 4.57 Å². The second-order valence-electron chi connectivity index (χ2n) is 6.65. The third kappa shape index (κ3) is 3.05. The number of alkyl halides is 3. The van der Waals surface area contributed by atoms with Gasteiger partial charge in [0.1, 0.15) is 0 Å². The average Bonchev–Trinajstić information content (AvgIpc) is 3.00. The number of nitrogens with zero attached hydrogens (tertiary/aromatic N) is 1. The summed E-state index contributed by atoms with van der Waals surface area (Å²) in [6, 6.07) is 11.3. The fourth-order valence-corrected chi connectivity index (χ4v) is 3.63. The van der Waals surface area contributed by atoms with E-state index >= 15 is 0 Å². The topological polar surface area (TPSA) is 40.2 Å². The molecule has 1 aliphatic heterocycles. The summed E-state index contributed by atoms with van der Waals surface area (Å²) in [5, 5.41) is 0.907. The van der Waals surface area contributed by atoms with Crippen LogP contribution in [0.1, 0.15) is 24.4 Å². The van der Waals surface area contributed by atoms with E-state index in [1.54, 1.807) is 12.1 Å². The van der Waals surface area contributed by atoms with Crippen molar-refractivity contribution < 1.29 is 17.9 Å². The van der Waals surface area contributed by atoms with E-state index in [1.807, 2.05) is 18.3 Å². The molecule has 2 aromatic carbocycles. The van der Waals surface area contributed by atoms with Crippen LogP contribution in [0.25, 0.3) is 22.0 Å². The molecule has 0 aliphatic carbocycles. The van der Waals surface area contributed by atoms with Crippen molar-refractivity contribution in [2.45, 2.75) is 25.1 Å². The first kappa shape index (κ1) is 17.0. The van der Waals surface area contributed by atoms with E-state index < -0.39 is 11.7 Å². The predicted molar refractivity (Wildman–Crippen MR) is 95.9 cm³/mol. The number of ether oxygens (including phenoxy) is 1. The normalized spacial score (nSPS) is 16.3. The summed E-state index contributed by atoms with van der Waals surface area (Å²) in [6.07, 6.45) is -0.656. The van der Waals surface area contributed by atoms with Gasteiger partial charge in [-0.1, -0.05) is 18.2 Å². The summed E-state index contributed by atoms with van der Waals surface area (Å²) >= 11 is 0. The summed E-state index contributed by atoms with van der Waals surface area (Å²) < 4.78 is 46.9. The van der Waals surface area contributed by atoms with Crippen LogP contribution in [0.3, 0.4) is 0 Å². The van der Waals surface area contributed by atoms with Crippen molar-refractivity contribution >= 4 is 16.6 Å². The van der Waals surface area contributed by atoms with Gasteiger partial charge < -0.3 is 15.0 Å². The summed E-state index contributed by atoms with van der Waals surface area (Å²) in [6.45, 7) is 1.37. The van der Waals surface area contributed by atoms with Gasteiger partial charge in [-0.2, -0.15) is 13.2 Å². The van der Waals surface area contributed by atoms with E-state index in [-0.39, 0.29) is 6.04 Å². The Morgan fingerprint density at radius 2 is 1.81 bits per heavy atom. The first-order valence-electron chi connectivity index (χ1n) is 8.59. The second kappa shape index (κ2) is 6.36. The largest absolute Gasteiger partial charge is 0.416 e. The highest BCUT2D eigenvalue weighted by Gasteiger charge is 2.30. The Hall–Kier alpha value is -2.47. The van der Waals surface area contributed by atoms with E-state index in [9.17, 15) is 13.2 Å². The standard InChI is InChI=1S/C20H19F3N2O/c21-20(22,23)14-3-1-2-13(10-14)18-12-25(16-6-8-26-9-7-16)19-11-15(24)4-5-17(18)19/h1-5,10-12,16H,6-9,24H2. The number of hydrogen-bond donors (Lipinski definition) is 1. The van der Waals surface area contributed by atoms with Crippen LogP contribution in [-0.2, 0) is 10.9 Å². The van der Waals surface area contributed by atoms with Crippen LogP contribution in [0, 0.1) is 0 Å². The van der Waals surface area contributed by atoms with E-state index in [0.29, 0.717) is 24.5 Å². The van der Waals surface area contributed by atoms with E-state index in [0.717, 1.165) is 35.4 Å². The Morgan fingerprint density at radius 1 is 1.04 bits per heavy atom. The van der Waals surface area contributed by atoms with Gasteiger partial charge in [0, 0.05) is 42.1 Å². The molecule has 136 valence electrons. The number of fused-ring (bicyclic) bond motifs is 1. The van der Waals surface area contributed by atoms with Gasteiger partial charge in [-0.15, -0.1) is 0 Å². The van der Waals surface area contributed by atoms with E-state index in [2.05, 4.69) is 4.57 Å².